The molecule has 0 heterocycles. The van der Waals surface area contributed by atoms with E-state index < -0.39 is 5.41 Å². The van der Waals surface area contributed by atoms with Crippen molar-refractivity contribution in [2.75, 3.05) is 0 Å². The lowest BCUT2D eigenvalue weighted by atomic mass is 9.80. The molecule has 0 aromatic carbocycles. The monoisotopic (exact) mass is 282 g/mol. The first-order chi connectivity index (χ1) is 9.10. The van der Waals surface area contributed by atoms with E-state index in [2.05, 4.69) is 12.2 Å². The third-order valence-corrected chi connectivity index (χ3v) is 5.50. The SMILES string of the molecule is CCC1CCCCC1NC(=O)C1(C(N)=S)CCCC1. The van der Waals surface area contributed by atoms with Crippen molar-refractivity contribution in [3.05, 3.63) is 0 Å². The van der Waals surface area contributed by atoms with E-state index >= 15 is 0 Å². The summed E-state index contributed by atoms with van der Waals surface area (Å²) in [5, 5.41) is 3.28. The maximum atomic E-state index is 12.7. The quantitative estimate of drug-likeness (QED) is 0.780. The van der Waals surface area contributed by atoms with Gasteiger partial charge in [-0.25, -0.2) is 0 Å². The molecule has 0 spiro atoms. The first kappa shape index (κ1) is 14.8. The summed E-state index contributed by atoms with van der Waals surface area (Å²) in [6.45, 7) is 2.22. The molecule has 3 N–H and O–H groups in total. The third-order valence-electron chi connectivity index (χ3n) is 5.11. The minimum absolute atomic E-state index is 0.0999. The second kappa shape index (κ2) is 6.21. The Bertz CT molecular complexity index is 350. The highest BCUT2D eigenvalue weighted by Gasteiger charge is 2.45. The fourth-order valence-corrected chi connectivity index (χ4v) is 4.05. The lowest BCUT2D eigenvalue weighted by molar-refractivity contribution is -0.128. The average molecular weight is 282 g/mol. The number of nitrogens with one attached hydrogen (secondary N) is 1. The van der Waals surface area contributed by atoms with Crippen LogP contribution in [0.3, 0.4) is 0 Å². The smallest absolute Gasteiger partial charge is 0.233 e. The molecule has 2 aliphatic carbocycles. The minimum Gasteiger partial charge on any atom is -0.392 e. The van der Waals surface area contributed by atoms with E-state index in [4.69, 9.17) is 18.0 Å². The molecule has 19 heavy (non-hydrogen) atoms. The molecule has 0 aromatic rings. The number of carbonyl (C=O) groups is 1. The zero-order chi connectivity index (χ0) is 13.9. The second-order valence-corrected chi connectivity index (χ2v) is 6.63. The lowest BCUT2D eigenvalue weighted by Crippen LogP contribution is -2.52. The normalized spacial score (nSPS) is 29.9. The van der Waals surface area contributed by atoms with Crippen molar-refractivity contribution in [2.45, 2.75) is 70.8 Å². The Morgan fingerprint density at radius 3 is 2.47 bits per heavy atom. The van der Waals surface area contributed by atoms with E-state index in [9.17, 15) is 4.79 Å². The van der Waals surface area contributed by atoms with E-state index in [0.717, 1.165) is 38.5 Å². The van der Waals surface area contributed by atoms with Gasteiger partial charge in [0.15, 0.2) is 0 Å². The van der Waals surface area contributed by atoms with Crippen LogP contribution in [0.4, 0.5) is 0 Å². The summed E-state index contributed by atoms with van der Waals surface area (Å²) in [7, 11) is 0. The van der Waals surface area contributed by atoms with Gasteiger partial charge in [-0.2, -0.15) is 0 Å². The van der Waals surface area contributed by atoms with Gasteiger partial charge in [-0.15, -0.1) is 0 Å². The number of nitrogens with two attached hydrogens (primary N) is 1. The van der Waals surface area contributed by atoms with Gasteiger partial charge in [-0.05, 0) is 31.6 Å². The van der Waals surface area contributed by atoms with E-state index in [1.165, 1.54) is 19.3 Å². The van der Waals surface area contributed by atoms with Gasteiger partial charge in [0.2, 0.25) is 5.91 Å². The summed E-state index contributed by atoms with van der Waals surface area (Å²) in [4.78, 5) is 13.1. The van der Waals surface area contributed by atoms with E-state index in [1.807, 2.05) is 0 Å². The third kappa shape index (κ3) is 2.93. The predicted octanol–water partition coefficient (Wildman–Crippen LogP) is 2.92. The Hall–Kier alpha value is -0.640. The molecule has 2 unspecified atom stereocenters. The van der Waals surface area contributed by atoms with Crippen molar-refractivity contribution >= 4 is 23.1 Å². The Morgan fingerprint density at radius 1 is 1.26 bits per heavy atom. The summed E-state index contributed by atoms with van der Waals surface area (Å²) in [6.07, 6.45) is 9.80. The van der Waals surface area contributed by atoms with Gasteiger partial charge in [0, 0.05) is 6.04 Å². The molecular formula is C15H26N2OS. The van der Waals surface area contributed by atoms with Crippen LogP contribution in [-0.2, 0) is 4.79 Å². The average Bonchev–Trinajstić information content (AvgIpc) is 2.90. The topological polar surface area (TPSA) is 55.1 Å². The molecule has 108 valence electrons. The summed E-state index contributed by atoms with van der Waals surface area (Å²) >= 11 is 5.19. The standard InChI is InChI=1S/C15H26N2OS/c1-2-11-7-3-4-8-12(11)17-14(18)15(13(16)19)9-5-6-10-15/h11-12H,2-10H2,1H3,(H2,16,19)(H,17,18). The zero-order valence-electron chi connectivity index (χ0n) is 11.9. The minimum atomic E-state index is -0.551. The van der Waals surface area contributed by atoms with Crippen LogP contribution in [0.5, 0.6) is 0 Å². The molecule has 0 saturated heterocycles. The number of hydrogen-bond donors (Lipinski definition) is 2. The van der Waals surface area contributed by atoms with Crippen molar-refractivity contribution < 1.29 is 4.79 Å². The van der Waals surface area contributed by atoms with Gasteiger partial charge in [0.1, 0.15) is 0 Å². The summed E-state index contributed by atoms with van der Waals surface area (Å²) in [5.74, 6) is 0.727. The van der Waals surface area contributed by atoms with Gasteiger partial charge in [0.05, 0.1) is 10.4 Å². The molecule has 0 radical (unpaired) electrons. The van der Waals surface area contributed by atoms with Gasteiger partial charge in [0.25, 0.3) is 0 Å². The van der Waals surface area contributed by atoms with E-state index in [1.54, 1.807) is 0 Å². The molecule has 2 saturated carbocycles. The number of rotatable bonds is 4. The van der Waals surface area contributed by atoms with Gasteiger partial charge < -0.3 is 11.1 Å². The molecule has 2 atom stereocenters. The molecule has 1 amide bonds. The van der Waals surface area contributed by atoms with Crippen LogP contribution in [0.15, 0.2) is 0 Å². The van der Waals surface area contributed by atoms with Crippen LogP contribution in [0.2, 0.25) is 0 Å². The summed E-state index contributed by atoms with van der Waals surface area (Å²) < 4.78 is 0. The first-order valence-electron chi connectivity index (χ1n) is 7.71. The van der Waals surface area contributed by atoms with Gasteiger partial charge in [-0.1, -0.05) is 51.2 Å². The highest BCUT2D eigenvalue weighted by Crippen LogP contribution is 2.39. The fourth-order valence-electron chi connectivity index (χ4n) is 3.76. The zero-order valence-corrected chi connectivity index (χ0v) is 12.7. The van der Waals surface area contributed by atoms with Crippen LogP contribution in [-0.4, -0.2) is 16.9 Å². The Morgan fingerprint density at radius 2 is 1.89 bits per heavy atom. The lowest BCUT2D eigenvalue weighted by Gasteiger charge is -2.35. The van der Waals surface area contributed by atoms with Gasteiger partial charge >= 0.3 is 0 Å². The van der Waals surface area contributed by atoms with Crippen LogP contribution >= 0.6 is 12.2 Å². The van der Waals surface area contributed by atoms with Crippen LogP contribution in [0.1, 0.15) is 64.7 Å². The highest BCUT2D eigenvalue weighted by atomic mass is 32.1. The van der Waals surface area contributed by atoms with E-state index in [0.29, 0.717) is 16.9 Å². The molecule has 2 fully saturated rings. The van der Waals surface area contributed by atoms with Crippen molar-refractivity contribution in [1.29, 1.82) is 0 Å². The summed E-state index contributed by atoms with van der Waals surface area (Å²) in [5.41, 5.74) is 5.33. The maximum Gasteiger partial charge on any atom is 0.233 e. The Labute approximate surface area is 121 Å². The Balaban J connectivity index is 2.04. The molecule has 4 heteroatoms. The first-order valence-corrected chi connectivity index (χ1v) is 8.12. The van der Waals surface area contributed by atoms with Gasteiger partial charge in [-0.3, -0.25) is 4.79 Å². The molecule has 2 aliphatic rings. The molecule has 3 nitrogen and oxygen atoms in total. The summed E-state index contributed by atoms with van der Waals surface area (Å²) in [6, 6.07) is 0.332. The number of hydrogen-bond acceptors (Lipinski definition) is 2. The Kier molecular flexibility index (Phi) is 4.82. The van der Waals surface area contributed by atoms with Crippen molar-refractivity contribution in [1.82, 2.24) is 5.32 Å². The molecule has 0 bridgehead atoms. The van der Waals surface area contributed by atoms with Crippen LogP contribution in [0, 0.1) is 11.3 Å². The van der Waals surface area contributed by atoms with Crippen LogP contribution in [0.25, 0.3) is 0 Å². The molecule has 2 rings (SSSR count). The largest absolute Gasteiger partial charge is 0.392 e. The molecular weight excluding hydrogens is 256 g/mol. The van der Waals surface area contributed by atoms with Crippen molar-refractivity contribution in [3.8, 4) is 0 Å². The maximum absolute atomic E-state index is 12.7. The van der Waals surface area contributed by atoms with Crippen LogP contribution < -0.4 is 11.1 Å². The van der Waals surface area contributed by atoms with E-state index in [-0.39, 0.29) is 5.91 Å². The van der Waals surface area contributed by atoms with Crippen molar-refractivity contribution in [3.63, 3.8) is 0 Å². The number of thiocarbonyl (C=S) groups is 1. The molecule has 0 aromatic heterocycles. The fraction of sp³-hybridized carbons (Fsp3) is 0.867. The number of amides is 1. The second-order valence-electron chi connectivity index (χ2n) is 6.19. The molecule has 0 aliphatic heterocycles. The predicted molar refractivity (Wildman–Crippen MR) is 81.9 cm³/mol. The highest BCUT2D eigenvalue weighted by molar-refractivity contribution is 7.80. The van der Waals surface area contributed by atoms with Crippen molar-refractivity contribution in [2.24, 2.45) is 17.1 Å². The number of carbonyl (C=O) groups excluding carboxylic acids is 1.